The molecular formula is C12H17NOS. The third-order valence-electron chi connectivity index (χ3n) is 2.22. The van der Waals surface area contributed by atoms with Crippen LogP contribution >= 0.6 is 11.8 Å². The summed E-state index contributed by atoms with van der Waals surface area (Å²) in [6.07, 6.45) is 0. The summed E-state index contributed by atoms with van der Waals surface area (Å²) in [5.74, 6) is 0. The van der Waals surface area contributed by atoms with Gasteiger partial charge in [-0.05, 0) is 44.7 Å². The summed E-state index contributed by atoms with van der Waals surface area (Å²) < 4.78 is 0. The summed E-state index contributed by atoms with van der Waals surface area (Å²) in [4.78, 5) is 14.6. The minimum atomic E-state index is 0.130. The second-order valence-electron chi connectivity index (χ2n) is 3.36. The quantitative estimate of drug-likeness (QED) is 0.730. The highest BCUT2D eigenvalue weighted by atomic mass is 32.2. The van der Waals surface area contributed by atoms with Gasteiger partial charge in [0, 0.05) is 18.0 Å². The van der Waals surface area contributed by atoms with Crippen LogP contribution in [0.1, 0.15) is 19.4 Å². The molecule has 0 saturated carbocycles. The van der Waals surface area contributed by atoms with E-state index in [1.807, 2.05) is 49.9 Å². The van der Waals surface area contributed by atoms with Gasteiger partial charge in [-0.25, -0.2) is 0 Å². The van der Waals surface area contributed by atoms with Gasteiger partial charge >= 0.3 is 0 Å². The van der Waals surface area contributed by atoms with Crippen molar-refractivity contribution in [3.05, 3.63) is 29.8 Å². The van der Waals surface area contributed by atoms with Crippen molar-refractivity contribution < 1.29 is 4.79 Å². The number of aryl methyl sites for hydroxylation is 1. The average Bonchev–Trinajstić information content (AvgIpc) is 2.19. The molecule has 0 aliphatic rings. The van der Waals surface area contributed by atoms with Crippen LogP contribution in [-0.4, -0.2) is 23.2 Å². The van der Waals surface area contributed by atoms with Crippen molar-refractivity contribution in [3.63, 3.8) is 0 Å². The third kappa shape index (κ3) is 3.59. The molecule has 1 aromatic rings. The highest BCUT2D eigenvalue weighted by molar-refractivity contribution is 8.13. The van der Waals surface area contributed by atoms with Crippen LogP contribution < -0.4 is 0 Å². The first-order valence-electron chi connectivity index (χ1n) is 5.20. The maximum Gasteiger partial charge on any atom is 0.286 e. The molecular weight excluding hydrogens is 206 g/mol. The van der Waals surface area contributed by atoms with Crippen LogP contribution in [-0.2, 0) is 0 Å². The number of rotatable bonds is 3. The molecule has 2 nitrogen and oxygen atoms in total. The van der Waals surface area contributed by atoms with E-state index >= 15 is 0 Å². The van der Waals surface area contributed by atoms with Gasteiger partial charge in [0.25, 0.3) is 5.24 Å². The van der Waals surface area contributed by atoms with E-state index in [2.05, 4.69) is 0 Å². The molecule has 82 valence electrons. The summed E-state index contributed by atoms with van der Waals surface area (Å²) in [6.45, 7) is 7.57. The lowest BCUT2D eigenvalue weighted by molar-refractivity contribution is 0.228. The molecule has 0 aliphatic heterocycles. The van der Waals surface area contributed by atoms with E-state index in [9.17, 15) is 4.79 Å². The van der Waals surface area contributed by atoms with Gasteiger partial charge in [-0.15, -0.1) is 0 Å². The van der Waals surface area contributed by atoms with Crippen LogP contribution in [0.25, 0.3) is 0 Å². The van der Waals surface area contributed by atoms with E-state index in [4.69, 9.17) is 0 Å². The molecule has 3 heteroatoms. The summed E-state index contributed by atoms with van der Waals surface area (Å²) in [5, 5.41) is 0.130. The molecule has 0 fully saturated rings. The number of carbonyl (C=O) groups excluding carboxylic acids is 1. The van der Waals surface area contributed by atoms with Crippen molar-refractivity contribution in [2.24, 2.45) is 0 Å². The Morgan fingerprint density at radius 2 is 2.00 bits per heavy atom. The van der Waals surface area contributed by atoms with Crippen LogP contribution in [0.4, 0.5) is 4.79 Å². The van der Waals surface area contributed by atoms with Crippen LogP contribution in [0.3, 0.4) is 0 Å². The van der Waals surface area contributed by atoms with E-state index < -0.39 is 0 Å². The summed E-state index contributed by atoms with van der Waals surface area (Å²) >= 11 is 1.30. The molecule has 0 aromatic heterocycles. The Morgan fingerprint density at radius 3 is 2.53 bits per heavy atom. The number of thioether (sulfide) groups is 1. The van der Waals surface area contributed by atoms with Crippen molar-refractivity contribution in [1.29, 1.82) is 0 Å². The van der Waals surface area contributed by atoms with E-state index in [0.29, 0.717) is 0 Å². The molecule has 0 atom stereocenters. The average molecular weight is 223 g/mol. The first-order valence-corrected chi connectivity index (χ1v) is 6.02. The van der Waals surface area contributed by atoms with E-state index in [1.165, 1.54) is 17.3 Å². The number of benzene rings is 1. The molecule has 0 spiro atoms. The molecule has 0 unspecified atom stereocenters. The Balaban J connectivity index is 2.65. The minimum absolute atomic E-state index is 0.130. The van der Waals surface area contributed by atoms with Crippen LogP contribution in [0, 0.1) is 6.92 Å². The van der Waals surface area contributed by atoms with Crippen molar-refractivity contribution in [2.75, 3.05) is 13.1 Å². The molecule has 1 rings (SSSR count). The van der Waals surface area contributed by atoms with Crippen LogP contribution in [0.5, 0.6) is 0 Å². The van der Waals surface area contributed by atoms with Gasteiger partial charge in [0.1, 0.15) is 0 Å². The molecule has 1 aromatic carbocycles. The normalized spacial score (nSPS) is 10.1. The zero-order valence-corrected chi connectivity index (χ0v) is 10.3. The summed E-state index contributed by atoms with van der Waals surface area (Å²) in [6, 6.07) is 8.02. The smallest absolute Gasteiger partial charge is 0.286 e. The Labute approximate surface area is 95.7 Å². The zero-order chi connectivity index (χ0) is 11.3. The predicted octanol–water partition coefficient (Wildman–Crippen LogP) is 3.55. The Hall–Kier alpha value is -0.960. The first kappa shape index (κ1) is 12.1. The second-order valence-corrected chi connectivity index (χ2v) is 4.38. The Kier molecular flexibility index (Phi) is 4.69. The Morgan fingerprint density at radius 1 is 1.33 bits per heavy atom. The maximum absolute atomic E-state index is 11.8. The van der Waals surface area contributed by atoms with Crippen LogP contribution in [0.2, 0.25) is 0 Å². The number of hydrogen-bond acceptors (Lipinski definition) is 2. The summed E-state index contributed by atoms with van der Waals surface area (Å²) in [7, 11) is 0. The van der Waals surface area contributed by atoms with E-state index in [1.54, 1.807) is 0 Å². The first-order chi connectivity index (χ1) is 7.17. The second kappa shape index (κ2) is 5.81. The fourth-order valence-corrected chi connectivity index (χ4v) is 2.31. The Bertz CT molecular complexity index is 334. The van der Waals surface area contributed by atoms with E-state index in [0.717, 1.165) is 18.0 Å². The molecule has 1 amide bonds. The van der Waals surface area contributed by atoms with Gasteiger partial charge in [-0.1, -0.05) is 17.7 Å². The lowest BCUT2D eigenvalue weighted by Crippen LogP contribution is -2.26. The molecule has 0 bridgehead atoms. The third-order valence-corrected chi connectivity index (χ3v) is 3.14. The standard InChI is InChI=1S/C12H17NOS/c1-4-13(5-2)12(14)15-11-8-6-7-10(3)9-11/h6-9H,4-5H2,1-3H3. The topological polar surface area (TPSA) is 20.3 Å². The fourth-order valence-electron chi connectivity index (χ4n) is 1.33. The minimum Gasteiger partial charge on any atom is -0.334 e. The van der Waals surface area contributed by atoms with Gasteiger partial charge in [-0.3, -0.25) is 4.79 Å². The lowest BCUT2D eigenvalue weighted by atomic mass is 10.2. The molecule has 15 heavy (non-hydrogen) atoms. The highest BCUT2D eigenvalue weighted by Crippen LogP contribution is 2.21. The molecule has 0 saturated heterocycles. The number of hydrogen-bond donors (Lipinski definition) is 0. The van der Waals surface area contributed by atoms with Crippen molar-refractivity contribution >= 4 is 17.0 Å². The lowest BCUT2D eigenvalue weighted by Gasteiger charge is -2.17. The van der Waals surface area contributed by atoms with Crippen molar-refractivity contribution in [3.8, 4) is 0 Å². The fraction of sp³-hybridized carbons (Fsp3) is 0.417. The number of nitrogens with zero attached hydrogens (tertiary/aromatic N) is 1. The van der Waals surface area contributed by atoms with Gasteiger partial charge < -0.3 is 4.90 Å². The largest absolute Gasteiger partial charge is 0.334 e. The molecule has 0 aliphatic carbocycles. The highest BCUT2D eigenvalue weighted by Gasteiger charge is 2.10. The summed E-state index contributed by atoms with van der Waals surface area (Å²) in [5.41, 5.74) is 1.19. The van der Waals surface area contributed by atoms with Crippen molar-refractivity contribution in [2.45, 2.75) is 25.7 Å². The SMILES string of the molecule is CCN(CC)C(=O)Sc1cccc(C)c1. The van der Waals surface area contributed by atoms with Gasteiger partial charge in [0.15, 0.2) is 0 Å². The van der Waals surface area contributed by atoms with Gasteiger partial charge in [0.05, 0.1) is 0 Å². The van der Waals surface area contributed by atoms with Gasteiger partial charge in [-0.2, -0.15) is 0 Å². The van der Waals surface area contributed by atoms with Crippen molar-refractivity contribution in [1.82, 2.24) is 4.90 Å². The van der Waals surface area contributed by atoms with Gasteiger partial charge in [0.2, 0.25) is 0 Å². The molecule has 0 heterocycles. The molecule has 0 N–H and O–H groups in total. The number of amides is 1. The maximum atomic E-state index is 11.8. The molecule has 0 radical (unpaired) electrons. The predicted molar refractivity (Wildman–Crippen MR) is 65.4 cm³/mol. The number of carbonyl (C=O) groups is 1. The van der Waals surface area contributed by atoms with Crippen LogP contribution in [0.15, 0.2) is 29.2 Å². The van der Waals surface area contributed by atoms with E-state index in [-0.39, 0.29) is 5.24 Å². The zero-order valence-electron chi connectivity index (χ0n) is 9.49. The monoisotopic (exact) mass is 223 g/mol.